The van der Waals surface area contributed by atoms with Crippen LogP contribution in [-0.4, -0.2) is 35.3 Å². The van der Waals surface area contributed by atoms with Crippen molar-refractivity contribution in [2.75, 3.05) is 0 Å². The van der Waals surface area contributed by atoms with Crippen molar-refractivity contribution in [2.45, 2.75) is 26.4 Å². The van der Waals surface area contributed by atoms with E-state index >= 15 is 0 Å². The summed E-state index contributed by atoms with van der Waals surface area (Å²) in [5.74, 6) is 0.119. The highest BCUT2D eigenvalue weighted by Crippen LogP contribution is 2.19. The lowest BCUT2D eigenvalue weighted by Gasteiger charge is -2.13. The monoisotopic (exact) mass is 361 g/mol. The first-order chi connectivity index (χ1) is 13.2. The topological polar surface area (TPSA) is 90.0 Å². The Morgan fingerprint density at radius 3 is 2.78 bits per heavy atom. The van der Waals surface area contributed by atoms with Crippen LogP contribution in [0.2, 0.25) is 0 Å². The molecule has 136 valence electrons. The number of aromatic nitrogens is 6. The average Bonchev–Trinajstić information content (AvgIpc) is 3.37. The number of fused-ring (bicyclic) bond motifs is 1. The molecular formula is C19H19N7O. The van der Waals surface area contributed by atoms with E-state index in [1.807, 2.05) is 61.1 Å². The molecule has 0 bridgehead atoms. The molecule has 4 rings (SSSR count). The van der Waals surface area contributed by atoms with Gasteiger partial charge in [0.2, 0.25) is 0 Å². The van der Waals surface area contributed by atoms with E-state index in [-0.39, 0.29) is 11.9 Å². The summed E-state index contributed by atoms with van der Waals surface area (Å²) in [5, 5.41) is 11.6. The summed E-state index contributed by atoms with van der Waals surface area (Å²) < 4.78 is 3.27. The van der Waals surface area contributed by atoms with Gasteiger partial charge in [0.1, 0.15) is 12.0 Å². The SMILES string of the molecule is CCn1ccc(C(C)NC(=O)c2cc(-c3ccccc3)nc3ncnn23)n1. The average molecular weight is 361 g/mol. The summed E-state index contributed by atoms with van der Waals surface area (Å²) in [6.07, 6.45) is 3.29. The molecule has 0 aliphatic heterocycles. The summed E-state index contributed by atoms with van der Waals surface area (Å²) >= 11 is 0. The van der Waals surface area contributed by atoms with Crippen molar-refractivity contribution in [1.29, 1.82) is 0 Å². The zero-order valence-electron chi connectivity index (χ0n) is 15.1. The van der Waals surface area contributed by atoms with Crippen molar-refractivity contribution in [3.05, 3.63) is 66.4 Å². The fraction of sp³-hybridized carbons (Fsp3) is 0.211. The van der Waals surface area contributed by atoms with Gasteiger partial charge < -0.3 is 5.32 Å². The van der Waals surface area contributed by atoms with Gasteiger partial charge >= 0.3 is 0 Å². The van der Waals surface area contributed by atoms with Gasteiger partial charge in [0.05, 0.1) is 17.4 Å². The van der Waals surface area contributed by atoms with Crippen molar-refractivity contribution in [3.8, 4) is 11.3 Å². The molecule has 0 aliphatic rings. The van der Waals surface area contributed by atoms with Crippen molar-refractivity contribution < 1.29 is 4.79 Å². The quantitative estimate of drug-likeness (QED) is 0.590. The van der Waals surface area contributed by atoms with E-state index in [1.54, 1.807) is 6.07 Å². The molecule has 1 N–H and O–H groups in total. The van der Waals surface area contributed by atoms with E-state index in [4.69, 9.17) is 0 Å². The second-order valence-electron chi connectivity index (χ2n) is 6.16. The molecule has 0 saturated carbocycles. The Hall–Kier alpha value is -3.55. The third-order valence-electron chi connectivity index (χ3n) is 4.33. The van der Waals surface area contributed by atoms with Crippen LogP contribution in [0.5, 0.6) is 0 Å². The van der Waals surface area contributed by atoms with E-state index in [9.17, 15) is 4.79 Å². The van der Waals surface area contributed by atoms with Crippen molar-refractivity contribution in [2.24, 2.45) is 0 Å². The molecule has 8 heteroatoms. The number of rotatable bonds is 5. The Morgan fingerprint density at radius 2 is 2.04 bits per heavy atom. The van der Waals surface area contributed by atoms with Crippen LogP contribution < -0.4 is 5.32 Å². The molecule has 3 heterocycles. The normalized spacial score (nSPS) is 12.2. The highest BCUT2D eigenvalue weighted by atomic mass is 16.2. The van der Waals surface area contributed by atoms with Crippen molar-refractivity contribution in [3.63, 3.8) is 0 Å². The first-order valence-electron chi connectivity index (χ1n) is 8.76. The number of carbonyl (C=O) groups excluding carboxylic acids is 1. The number of aryl methyl sites for hydroxylation is 1. The minimum absolute atomic E-state index is 0.239. The molecule has 8 nitrogen and oxygen atoms in total. The first-order valence-corrected chi connectivity index (χ1v) is 8.76. The van der Waals surface area contributed by atoms with Gasteiger partial charge in [0, 0.05) is 18.3 Å². The lowest BCUT2D eigenvalue weighted by molar-refractivity contribution is 0.0931. The minimum atomic E-state index is -0.261. The summed E-state index contributed by atoms with van der Waals surface area (Å²) in [4.78, 5) is 21.6. The van der Waals surface area contributed by atoms with Gasteiger partial charge in [-0.05, 0) is 26.0 Å². The van der Waals surface area contributed by atoms with Gasteiger partial charge in [-0.1, -0.05) is 30.3 Å². The molecule has 1 amide bonds. The second kappa shape index (κ2) is 6.99. The molecule has 3 aromatic heterocycles. The van der Waals surface area contributed by atoms with E-state index in [0.29, 0.717) is 17.2 Å². The largest absolute Gasteiger partial charge is 0.343 e. The fourth-order valence-electron chi connectivity index (χ4n) is 2.86. The van der Waals surface area contributed by atoms with Crippen molar-refractivity contribution >= 4 is 11.7 Å². The zero-order chi connectivity index (χ0) is 18.8. The van der Waals surface area contributed by atoms with E-state index in [2.05, 4.69) is 25.5 Å². The maximum Gasteiger partial charge on any atom is 0.270 e. The molecule has 0 aliphatic carbocycles. The van der Waals surface area contributed by atoms with Crippen LogP contribution in [0.4, 0.5) is 0 Å². The van der Waals surface area contributed by atoms with Gasteiger partial charge in [0.15, 0.2) is 0 Å². The van der Waals surface area contributed by atoms with Gasteiger partial charge in [-0.25, -0.2) is 4.98 Å². The van der Waals surface area contributed by atoms with Crippen LogP contribution in [0, 0.1) is 0 Å². The minimum Gasteiger partial charge on any atom is -0.343 e. The molecule has 0 fully saturated rings. The van der Waals surface area contributed by atoms with Gasteiger partial charge in [-0.15, -0.1) is 0 Å². The molecule has 27 heavy (non-hydrogen) atoms. The molecule has 1 aromatic carbocycles. The Balaban J connectivity index is 1.67. The summed E-state index contributed by atoms with van der Waals surface area (Å²) in [6, 6.07) is 13.1. The highest BCUT2D eigenvalue weighted by molar-refractivity contribution is 5.94. The Labute approximate surface area is 155 Å². The predicted molar refractivity (Wildman–Crippen MR) is 100 cm³/mol. The Bertz CT molecular complexity index is 1080. The maximum atomic E-state index is 12.9. The summed E-state index contributed by atoms with van der Waals surface area (Å²) in [5.41, 5.74) is 2.76. The number of nitrogens with one attached hydrogen (secondary N) is 1. The van der Waals surface area contributed by atoms with Crippen LogP contribution in [0.1, 0.15) is 36.1 Å². The fourth-order valence-corrected chi connectivity index (χ4v) is 2.86. The summed E-state index contributed by atoms with van der Waals surface area (Å²) in [6.45, 7) is 4.70. The standard InChI is InChI=1S/C19H19N7O/c1-3-25-10-9-15(24-25)13(2)22-18(27)17-11-16(14-7-5-4-6-8-14)23-19-20-12-21-26(17)19/h4-13H,3H2,1-2H3,(H,22,27). The van der Waals surface area contributed by atoms with E-state index in [1.165, 1.54) is 10.8 Å². The molecule has 4 aromatic rings. The molecule has 0 radical (unpaired) electrons. The molecule has 1 atom stereocenters. The lowest BCUT2D eigenvalue weighted by Crippen LogP contribution is -2.29. The van der Waals surface area contributed by atoms with Gasteiger partial charge in [-0.2, -0.15) is 19.7 Å². The lowest BCUT2D eigenvalue weighted by atomic mass is 10.1. The zero-order valence-corrected chi connectivity index (χ0v) is 15.1. The number of nitrogens with zero attached hydrogens (tertiary/aromatic N) is 6. The van der Waals surface area contributed by atoms with Crippen LogP contribution >= 0.6 is 0 Å². The second-order valence-corrected chi connectivity index (χ2v) is 6.16. The van der Waals surface area contributed by atoms with Gasteiger partial charge in [0.25, 0.3) is 11.7 Å². The predicted octanol–water partition coefficient (Wildman–Crippen LogP) is 2.50. The van der Waals surface area contributed by atoms with Crippen LogP contribution in [0.3, 0.4) is 0 Å². The summed E-state index contributed by atoms with van der Waals surface area (Å²) in [7, 11) is 0. The maximum absolute atomic E-state index is 12.9. The molecular weight excluding hydrogens is 342 g/mol. The number of hydrogen-bond acceptors (Lipinski definition) is 5. The van der Waals surface area contributed by atoms with Crippen LogP contribution in [0.25, 0.3) is 17.0 Å². The Morgan fingerprint density at radius 1 is 1.22 bits per heavy atom. The third-order valence-corrected chi connectivity index (χ3v) is 4.33. The molecule has 0 saturated heterocycles. The number of carbonyl (C=O) groups is 1. The molecule has 0 spiro atoms. The van der Waals surface area contributed by atoms with Gasteiger partial charge in [-0.3, -0.25) is 9.48 Å². The third kappa shape index (κ3) is 3.29. The first kappa shape index (κ1) is 16.9. The van der Waals surface area contributed by atoms with Crippen molar-refractivity contribution in [1.82, 2.24) is 34.7 Å². The van der Waals surface area contributed by atoms with E-state index in [0.717, 1.165) is 17.8 Å². The Kier molecular flexibility index (Phi) is 4.37. The van der Waals surface area contributed by atoms with Crippen LogP contribution in [-0.2, 0) is 6.54 Å². The number of hydrogen-bond donors (Lipinski definition) is 1. The highest BCUT2D eigenvalue weighted by Gasteiger charge is 2.19. The molecule has 1 unspecified atom stereocenters. The van der Waals surface area contributed by atoms with E-state index < -0.39 is 0 Å². The smallest absolute Gasteiger partial charge is 0.270 e. The number of amides is 1. The van der Waals surface area contributed by atoms with Crippen LogP contribution in [0.15, 0.2) is 55.0 Å². The number of benzene rings is 1.